The molecule has 1 saturated heterocycles. The summed E-state index contributed by atoms with van der Waals surface area (Å²) >= 11 is 5.92. The number of nitrogens with zero attached hydrogens (tertiary/aromatic N) is 4. The Kier molecular flexibility index (Phi) is 7.72. The minimum atomic E-state index is -0.533. The predicted octanol–water partition coefficient (Wildman–Crippen LogP) is 4.91. The van der Waals surface area contributed by atoms with Crippen molar-refractivity contribution in [3.63, 3.8) is 0 Å². The van der Waals surface area contributed by atoms with Crippen molar-refractivity contribution < 1.29 is 13.9 Å². The Morgan fingerprint density at radius 2 is 2.03 bits per heavy atom. The maximum atomic E-state index is 14.4. The molecule has 9 heteroatoms. The largest absolute Gasteiger partial charge is 0.496 e. The van der Waals surface area contributed by atoms with E-state index in [9.17, 15) is 9.18 Å². The van der Waals surface area contributed by atoms with Crippen molar-refractivity contribution in [2.24, 2.45) is 5.92 Å². The van der Waals surface area contributed by atoms with Crippen LogP contribution >= 0.6 is 11.6 Å². The zero-order valence-corrected chi connectivity index (χ0v) is 21.3. The van der Waals surface area contributed by atoms with Gasteiger partial charge in [-0.25, -0.2) is 14.4 Å². The molecule has 1 amide bonds. The number of hydrogen-bond acceptors (Lipinski definition) is 6. The number of carbonyl (C=O) groups is 1. The summed E-state index contributed by atoms with van der Waals surface area (Å²) in [6, 6.07) is 8.58. The lowest BCUT2D eigenvalue weighted by Gasteiger charge is -2.35. The first-order chi connectivity index (χ1) is 16.8. The smallest absolute Gasteiger partial charge is 0.239 e. The zero-order chi connectivity index (χ0) is 25.1. The Morgan fingerprint density at radius 1 is 1.29 bits per heavy atom. The zero-order valence-electron chi connectivity index (χ0n) is 20.5. The number of rotatable bonds is 7. The number of likely N-dealkylation sites (tertiary alicyclic amines) is 1. The topological polar surface area (TPSA) is 70.6 Å². The maximum absolute atomic E-state index is 14.4. The maximum Gasteiger partial charge on any atom is 0.239 e. The van der Waals surface area contributed by atoms with Gasteiger partial charge in [0.25, 0.3) is 0 Å². The quantitative estimate of drug-likeness (QED) is 0.498. The number of ether oxygens (including phenoxy) is 1. The summed E-state index contributed by atoms with van der Waals surface area (Å²) in [7, 11) is 5.50. The lowest BCUT2D eigenvalue weighted by atomic mass is 9.89. The van der Waals surface area contributed by atoms with Gasteiger partial charge in [-0.3, -0.25) is 9.69 Å². The Bertz CT molecular complexity index is 1210. The Balaban J connectivity index is 1.52. The molecular formula is C26H31ClFN5O2. The average molecular weight is 500 g/mol. The predicted molar refractivity (Wildman–Crippen MR) is 137 cm³/mol. The molecule has 1 aliphatic heterocycles. The highest BCUT2D eigenvalue weighted by Crippen LogP contribution is 2.34. The van der Waals surface area contributed by atoms with Crippen molar-refractivity contribution >= 4 is 39.9 Å². The molecule has 4 rings (SSSR count). The first-order valence-electron chi connectivity index (χ1n) is 11.8. The second-order valence-electron chi connectivity index (χ2n) is 9.24. The van der Waals surface area contributed by atoms with E-state index in [-0.39, 0.29) is 22.7 Å². The van der Waals surface area contributed by atoms with E-state index in [2.05, 4.69) is 15.3 Å². The number of aromatic nitrogens is 2. The number of anilines is 2. The third kappa shape index (κ3) is 5.49. The summed E-state index contributed by atoms with van der Waals surface area (Å²) in [6.45, 7) is 3.47. The van der Waals surface area contributed by atoms with Crippen LogP contribution in [0.15, 0.2) is 36.7 Å². The van der Waals surface area contributed by atoms with Crippen molar-refractivity contribution in [3.05, 3.63) is 53.1 Å². The molecule has 2 heterocycles. The molecule has 7 nitrogen and oxygen atoms in total. The van der Waals surface area contributed by atoms with Crippen molar-refractivity contribution in [2.45, 2.75) is 32.2 Å². The summed E-state index contributed by atoms with van der Waals surface area (Å²) < 4.78 is 20.1. The summed E-state index contributed by atoms with van der Waals surface area (Å²) in [5.74, 6) is 1.31. The van der Waals surface area contributed by atoms with E-state index in [0.29, 0.717) is 11.7 Å². The molecule has 1 N–H and O–H groups in total. The monoisotopic (exact) mass is 499 g/mol. The molecule has 0 aliphatic carbocycles. The summed E-state index contributed by atoms with van der Waals surface area (Å²) in [4.78, 5) is 25.3. The number of methoxy groups -OCH3 is 1. The van der Waals surface area contributed by atoms with Crippen LogP contribution in [0.5, 0.6) is 5.75 Å². The van der Waals surface area contributed by atoms with Gasteiger partial charge in [-0.05, 0) is 76.0 Å². The minimum Gasteiger partial charge on any atom is -0.496 e. The van der Waals surface area contributed by atoms with Gasteiger partial charge in [0.2, 0.25) is 5.91 Å². The van der Waals surface area contributed by atoms with Crippen LogP contribution in [0.3, 0.4) is 0 Å². The van der Waals surface area contributed by atoms with Gasteiger partial charge in [0, 0.05) is 18.5 Å². The first-order valence-corrected chi connectivity index (χ1v) is 12.1. The number of carbonyl (C=O) groups excluding carboxylic acids is 1. The molecule has 0 spiro atoms. The highest BCUT2D eigenvalue weighted by molar-refractivity contribution is 6.31. The van der Waals surface area contributed by atoms with Gasteiger partial charge in [0.15, 0.2) is 5.82 Å². The summed E-state index contributed by atoms with van der Waals surface area (Å²) in [5.41, 5.74) is 2.05. The number of fused-ring (bicyclic) bond motifs is 1. The molecule has 186 valence electrons. The molecule has 3 aromatic rings. The van der Waals surface area contributed by atoms with Crippen molar-refractivity contribution in [1.29, 1.82) is 0 Å². The Morgan fingerprint density at radius 3 is 2.71 bits per heavy atom. The standard InChI is InChI=1S/C26H31ClFN5O2/c1-16(32(2)3)26(34)33-10-8-17(9-11-33)12-18-13-22-19(14-23(18)35-4)25(30-15-29-22)31-21-7-5-6-20(27)24(21)28/h5-7,13-17H,8-12H2,1-4H3,(H,29,30,31)/t16-/m1/s1. The van der Waals surface area contributed by atoms with E-state index in [0.717, 1.165) is 54.6 Å². The van der Waals surface area contributed by atoms with Crippen LogP contribution in [-0.4, -0.2) is 66.0 Å². The van der Waals surface area contributed by atoms with Gasteiger partial charge in [-0.2, -0.15) is 0 Å². The van der Waals surface area contributed by atoms with Crippen molar-refractivity contribution in [1.82, 2.24) is 19.8 Å². The van der Waals surface area contributed by atoms with Crippen LogP contribution in [-0.2, 0) is 11.2 Å². The molecule has 1 aliphatic rings. The molecule has 0 bridgehead atoms. The van der Waals surface area contributed by atoms with Crippen LogP contribution in [0.1, 0.15) is 25.3 Å². The fourth-order valence-electron chi connectivity index (χ4n) is 4.46. The molecule has 1 aromatic heterocycles. The Labute approximate surface area is 210 Å². The van der Waals surface area contributed by atoms with Gasteiger partial charge < -0.3 is 15.0 Å². The number of piperidine rings is 1. The van der Waals surface area contributed by atoms with Crippen LogP contribution in [0.4, 0.5) is 15.9 Å². The normalized spacial score (nSPS) is 15.5. The van der Waals surface area contributed by atoms with E-state index in [1.807, 2.05) is 43.0 Å². The fourth-order valence-corrected chi connectivity index (χ4v) is 4.63. The van der Waals surface area contributed by atoms with E-state index in [1.54, 1.807) is 19.2 Å². The van der Waals surface area contributed by atoms with Crippen molar-refractivity contribution in [2.75, 3.05) is 39.6 Å². The third-order valence-electron chi connectivity index (χ3n) is 6.81. The SMILES string of the molecule is COc1cc2c(Nc3cccc(Cl)c3F)ncnc2cc1CC1CCN(C(=O)[C@@H](C)N(C)C)CC1. The molecular weight excluding hydrogens is 469 g/mol. The van der Waals surface area contributed by atoms with Crippen LogP contribution < -0.4 is 10.1 Å². The second kappa shape index (κ2) is 10.7. The number of benzene rings is 2. The van der Waals surface area contributed by atoms with E-state index in [1.165, 1.54) is 12.4 Å². The van der Waals surface area contributed by atoms with E-state index < -0.39 is 5.82 Å². The molecule has 0 radical (unpaired) electrons. The second-order valence-corrected chi connectivity index (χ2v) is 9.65. The summed E-state index contributed by atoms with van der Waals surface area (Å²) in [6.07, 6.45) is 4.18. The lowest BCUT2D eigenvalue weighted by Crippen LogP contribution is -2.47. The molecule has 35 heavy (non-hydrogen) atoms. The van der Waals surface area contributed by atoms with E-state index >= 15 is 0 Å². The van der Waals surface area contributed by atoms with Crippen molar-refractivity contribution in [3.8, 4) is 5.75 Å². The highest BCUT2D eigenvalue weighted by atomic mass is 35.5. The number of amides is 1. The number of hydrogen-bond donors (Lipinski definition) is 1. The van der Waals surface area contributed by atoms with Gasteiger partial charge in [0.05, 0.1) is 29.4 Å². The number of halogens is 2. The van der Waals surface area contributed by atoms with E-state index in [4.69, 9.17) is 16.3 Å². The van der Waals surface area contributed by atoms with Gasteiger partial charge in [-0.15, -0.1) is 0 Å². The molecule has 2 aromatic carbocycles. The number of nitrogens with one attached hydrogen (secondary N) is 1. The molecule has 1 atom stereocenters. The summed E-state index contributed by atoms with van der Waals surface area (Å²) in [5, 5.41) is 3.80. The molecule has 0 saturated carbocycles. The number of likely N-dealkylation sites (N-methyl/N-ethyl adjacent to an activating group) is 1. The first kappa shape index (κ1) is 25.1. The fraction of sp³-hybridized carbons (Fsp3) is 0.423. The van der Waals surface area contributed by atoms with Crippen LogP contribution in [0, 0.1) is 11.7 Å². The van der Waals surface area contributed by atoms with Crippen LogP contribution in [0.2, 0.25) is 5.02 Å². The average Bonchev–Trinajstić information content (AvgIpc) is 2.86. The minimum absolute atomic E-state index is 0.0390. The van der Waals surface area contributed by atoms with Gasteiger partial charge in [0.1, 0.15) is 17.9 Å². The highest BCUT2D eigenvalue weighted by Gasteiger charge is 2.27. The third-order valence-corrected chi connectivity index (χ3v) is 7.10. The van der Waals surface area contributed by atoms with Gasteiger partial charge in [-0.1, -0.05) is 17.7 Å². The molecule has 1 fully saturated rings. The van der Waals surface area contributed by atoms with Gasteiger partial charge >= 0.3 is 0 Å². The molecule has 0 unspecified atom stereocenters. The van der Waals surface area contributed by atoms with Crippen LogP contribution in [0.25, 0.3) is 10.9 Å². The Hall–Kier alpha value is -2.97. The lowest BCUT2D eigenvalue weighted by molar-refractivity contribution is -0.136.